The lowest BCUT2D eigenvalue weighted by Gasteiger charge is -2.30. The summed E-state index contributed by atoms with van der Waals surface area (Å²) in [7, 11) is 0. The van der Waals surface area contributed by atoms with Crippen LogP contribution in [-0.4, -0.2) is 13.2 Å². The Kier molecular flexibility index (Phi) is 4.60. The van der Waals surface area contributed by atoms with E-state index in [1.165, 1.54) is 22.3 Å². The van der Waals surface area contributed by atoms with Gasteiger partial charge in [-0.25, -0.2) is 0 Å². The second-order valence-corrected chi connectivity index (χ2v) is 6.38. The normalized spacial score (nSPS) is 22.0. The quantitative estimate of drug-likeness (QED) is 0.798. The van der Waals surface area contributed by atoms with E-state index in [4.69, 9.17) is 9.47 Å². The van der Waals surface area contributed by atoms with Crippen molar-refractivity contribution in [3.05, 3.63) is 70.8 Å². The summed E-state index contributed by atoms with van der Waals surface area (Å²) in [4.78, 5) is 0. The van der Waals surface area contributed by atoms with Crippen molar-refractivity contribution in [2.75, 3.05) is 13.2 Å². The molecule has 0 bridgehead atoms. The van der Waals surface area contributed by atoms with Crippen molar-refractivity contribution < 1.29 is 9.47 Å². The number of hydrogen-bond donors (Lipinski definition) is 0. The summed E-state index contributed by atoms with van der Waals surface area (Å²) in [5.41, 5.74) is 5.02. The number of ether oxygens (including phenoxy) is 2. The summed E-state index contributed by atoms with van der Waals surface area (Å²) < 4.78 is 12.1. The Labute approximate surface area is 133 Å². The Balaban J connectivity index is 1.62. The SMILES string of the molecule is Cc1ccc([C@H]2CO[C@H](c3ccc(C(C)C)cc3)CO2)cc1. The lowest BCUT2D eigenvalue weighted by Crippen LogP contribution is -2.25. The maximum atomic E-state index is 6.04. The predicted molar refractivity (Wildman–Crippen MR) is 89.1 cm³/mol. The van der Waals surface area contributed by atoms with Gasteiger partial charge in [0.2, 0.25) is 0 Å². The molecule has 0 aliphatic carbocycles. The van der Waals surface area contributed by atoms with Crippen molar-refractivity contribution >= 4 is 0 Å². The van der Waals surface area contributed by atoms with Crippen molar-refractivity contribution in [1.29, 1.82) is 0 Å². The molecule has 116 valence electrons. The highest BCUT2D eigenvalue weighted by molar-refractivity contribution is 5.27. The van der Waals surface area contributed by atoms with Crippen LogP contribution in [0.15, 0.2) is 48.5 Å². The maximum Gasteiger partial charge on any atom is 0.106 e. The second-order valence-electron chi connectivity index (χ2n) is 6.38. The molecule has 1 aliphatic heterocycles. The molecule has 1 heterocycles. The molecule has 2 heteroatoms. The molecule has 0 saturated carbocycles. The van der Waals surface area contributed by atoms with Gasteiger partial charge in [-0.1, -0.05) is 67.9 Å². The topological polar surface area (TPSA) is 18.5 Å². The highest BCUT2D eigenvalue weighted by Crippen LogP contribution is 2.30. The van der Waals surface area contributed by atoms with Gasteiger partial charge in [-0.15, -0.1) is 0 Å². The van der Waals surface area contributed by atoms with Crippen LogP contribution in [0.3, 0.4) is 0 Å². The first-order chi connectivity index (χ1) is 10.6. The van der Waals surface area contributed by atoms with Crippen LogP contribution in [0.2, 0.25) is 0 Å². The van der Waals surface area contributed by atoms with Gasteiger partial charge < -0.3 is 9.47 Å². The van der Waals surface area contributed by atoms with Gasteiger partial charge in [0.1, 0.15) is 12.2 Å². The molecule has 2 aromatic carbocycles. The molecule has 2 nitrogen and oxygen atoms in total. The minimum atomic E-state index is 0.0444. The van der Waals surface area contributed by atoms with Crippen molar-refractivity contribution in [1.82, 2.24) is 0 Å². The van der Waals surface area contributed by atoms with E-state index >= 15 is 0 Å². The average molecular weight is 296 g/mol. The summed E-state index contributed by atoms with van der Waals surface area (Å²) in [6.45, 7) is 7.74. The summed E-state index contributed by atoms with van der Waals surface area (Å²) >= 11 is 0. The standard InChI is InChI=1S/C20H24O2/c1-14(2)16-8-10-18(11-9-16)20-13-21-19(12-22-20)17-6-4-15(3)5-7-17/h4-11,14,19-20H,12-13H2,1-3H3/t19-,20+/m1/s1. The van der Waals surface area contributed by atoms with E-state index in [0.29, 0.717) is 19.1 Å². The third kappa shape index (κ3) is 3.40. The first kappa shape index (κ1) is 15.3. The molecule has 0 spiro atoms. The minimum absolute atomic E-state index is 0.0444. The Bertz CT molecular complexity index is 591. The third-order valence-corrected chi connectivity index (χ3v) is 4.32. The van der Waals surface area contributed by atoms with E-state index in [9.17, 15) is 0 Å². The van der Waals surface area contributed by atoms with Crippen LogP contribution < -0.4 is 0 Å². The Morgan fingerprint density at radius 2 is 1.23 bits per heavy atom. The van der Waals surface area contributed by atoms with Gasteiger partial charge >= 0.3 is 0 Å². The molecule has 2 aromatic rings. The molecule has 1 fully saturated rings. The van der Waals surface area contributed by atoms with Gasteiger partial charge in [0.05, 0.1) is 13.2 Å². The third-order valence-electron chi connectivity index (χ3n) is 4.32. The predicted octanol–water partition coefficient (Wildman–Crippen LogP) is 4.95. The molecule has 0 aromatic heterocycles. The average Bonchev–Trinajstić information content (AvgIpc) is 2.56. The molecule has 3 rings (SSSR count). The van der Waals surface area contributed by atoms with E-state index in [0.717, 1.165) is 0 Å². The molecule has 22 heavy (non-hydrogen) atoms. The van der Waals surface area contributed by atoms with Crippen LogP contribution in [0.25, 0.3) is 0 Å². The molecule has 0 unspecified atom stereocenters. The van der Waals surface area contributed by atoms with Crippen molar-refractivity contribution in [2.24, 2.45) is 0 Å². The molecular formula is C20H24O2. The zero-order valence-corrected chi connectivity index (χ0v) is 13.6. The van der Waals surface area contributed by atoms with Crippen LogP contribution in [-0.2, 0) is 9.47 Å². The van der Waals surface area contributed by atoms with Gasteiger partial charge in [0.25, 0.3) is 0 Å². The zero-order valence-electron chi connectivity index (χ0n) is 13.6. The lowest BCUT2D eigenvalue weighted by atomic mass is 9.99. The molecule has 0 N–H and O–H groups in total. The van der Waals surface area contributed by atoms with Gasteiger partial charge in [0, 0.05) is 0 Å². The zero-order chi connectivity index (χ0) is 15.5. The number of aryl methyl sites for hydroxylation is 1. The first-order valence-corrected chi connectivity index (χ1v) is 8.03. The van der Waals surface area contributed by atoms with E-state index in [1.54, 1.807) is 0 Å². The monoisotopic (exact) mass is 296 g/mol. The Morgan fingerprint density at radius 1 is 0.773 bits per heavy atom. The molecule has 0 amide bonds. The number of hydrogen-bond acceptors (Lipinski definition) is 2. The Hall–Kier alpha value is -1.64. The van der Waals surface area contributed by atoms with E-state index < -0.39 is 0 Å². The largest absolute Gasteiger partial charge is 0.368 e. The fourth-order valence-electron chi connectivity index (χ4n) is 2.76. The van der Waals surface area contributed by atoms with Gasteiger partial charge in [-0.05, 0) is 29.5 Å². The fourth-order valence-corrected chi connectivity index (χ4v) is 2.76. The maximum absolute atomic E-state index is 6.04. The minimum Gasteiger partial charge on any atom is -0.368 e. The summed E-state index contributed by atoms with van der Waals surface area (Å²) in [6.07, 6.45) is 0.0923. The van der Waals surface area contributed by atoms with Crippen LogP contribution in [0.1, 0.15) is 54.2 Å². The summed E-state index contributed by atoms with van der Waals surface area (Å²) in [5, 5.41) is 0. The second kappa shape index (κ2) is 6.64. The van der Waals surface area contributed by atoms with E-state index in [2.05, 4.69) is 69.3 Å². The molecule has 0 radical (unpaired) electrons. The first-order valence-electron chi connectivity index (χ1n) is 8.03. The summed E-state index contributed by atoms with van der Waals surface area (Å²) in [5.74, 6) is 0.559. The fraction of sp³-hybridized carbons (Fsp3) is 0.400. The van der Waals surface area contributed by atoms with Gasteiger partial charge in [-0.3, -0.25) is 0 Å². The van der Waals surface area contributed by atoms with Crippen molar-refractivity contribution in [2.45, 2.75) is 38.9 Å². The van der Waals surface area contributed by atoms with Crippen LogP contribution in [0, 0.1) is 6.92 Å². The Morgan fingerprint density at radius 3 is 1.64 bits per heavy atom. The highest BCUT2D eigenvalue weighted by atomic mass is 16.6. The number of benzene rings is 2. The smallest absolute Gasteiger partial charge is 0.106 e. The number of rotatable bonds is 3. The van der Waals surface area contributed by atoms with E-state index in [-0.39, 0.29) is 12.2 Å². The van der Waals surface area contributed by atoms with Gasteiger partial charge in [-0.2, -0.15) is 0 Å². The summed E-state index contributed by atoms with van der Waals surface area (Å²) in [6, 6.07) is 17.2. The molecular weight excluding hydrogens is 272 g/mol. The molecule has 1 aliphatic rings. The van der Waals surface area contributed by atoms with E-state index in [1.807, 2.05) is 0 Å². The van der Waals surface area contributed by atoms with Crippen LogP contribution in [0.4, 0.5) is 0 Å². The molecule has 1 saturated heterocycles. The van der Waals surface area contributed by atoms with Crippen molar-refractivity contribution in [3.8, 4) is 0 Å². The van der Waals surface area contributed by atoms with Crippen LogP contribution in [0.5, 0.6) is 0 Å². The van der Waals surface area contributed by atoms with Gasteiger partial charge in [0.15, 0.2) is 0 Å². The lowest BCUT2D eigenvalue weighted by molar-refractivity contribution is -0.137. The molecule has 2 atom stereocenters. The van der Waals surface area contributed by atoms with Crippen LogP contribution >= 0.6 is 0 Å². The highest BCUT2D eigenvalue weighted by Gasteiger charge is 2.24. The van der Waals surface area contributed by atoms with Crippen molar-refractivity contribution in [3.63, 3.8) is 0 Å².